The first-order valence-electron chi connectivity index (χ1n) is 16.5. The van der Waals surface area contributed by atoms with Crippen molar-refractivity contribution >= 4 is 42.5 Å². The highest BCUT2D eigenvalue weighted by molar-refractivity contribution is 6.76. The molecule has 2 fully saturated rings. The number of amides is 3. The van der Waals surface area contributed by atoms with E-state index in [1.54, 1.807) is 22.0 Å². The summed E-state index contributed by atoms with van der Waals surface area (Å²) in [6.07, 6.45) is 10.2. The number of carbonyl (C=O) groups is 4. The SMILES string of the molecule is CC(=O)c1nn2c3c(cc(-c4cnc(C)nc4)cc13)CCCCCCC(=O)NC[C@@]13C[C@@H](C(=O)NC[Si](C)(C)C)N(C(=O)C2)[C@@H]1C3. The molecule has 6 rings (SSSR count). The van der Waals surface area contributed by atoms with Crippen molar-refractivity contribution in [2.45, 2.75) is 103 Å². The number of rotatable bonds is 5. The second kappa shape index (κ2) is 12.3. The normalized spacial score (nSPS) is 23.9. The second-order valence-electron chi connectivity index (χ2n) is 14.7. The van der Waals surface area contributed by atoms with E-state index in [9.17, 15) is 19.2 Å². The smallest absolute Gasteiger partial charge is 0.245 e. The quantitative estimate of drug-likeness (QED) is 0.317. The molecular formula is C34H45N7O4Si. The number of aromatic nitrogens is 4. The Hall–Kier alpha value is -3.93. The number of ketones is 1. The zero-order valence-corrected chi connectivity index (χ0v) is 28.6. The summed E-state index contributed by atoms with van der Waals surface area (Å²) >= 11 is 0. The van der Waals surface area contributed by atoms with E-state index >= 15 is 0 Å². The van der Waals surface area contributed by atoms with E-state index in [2.05, 4.69) is 46.3 Å². The van der Waals surface area contributed by atoms with Gasteiger partial charge in [-0.1, -0.05) is 32.5 Å². The maximum atomic E-state index is 14.3. The predicted molar refractivity (Wildman–Crippen MR) is 178 cm³/mol. The highest BCUT2D eigenvalue weighted by Crippen LogP contribution is 2.59. The molecule has 12 heteroatoms. The molecule has 244 valence electrons. The van der Waals surface area contributed by atoms with Crippen LogP contribution >= 0.6 is 0 Å². The molecule has 3 aromatic rings. The number of carbonyl (C=O) groups excluding carboxylic acids is 4. The number of benzene rings is 1. The van der Waals surface area contributed by atoms with E-state index < -0.39 is 14.1 Å². The van der Waals surface area contributed by atoms with Gasteiger partial charge in [-0.15, -0.1) is 0 Å². The summed E-state index contributed by atoms with van der Waals surface area (Å²) in [5, 5.41) is 11.7. The van der Waals surface area contributed by atoms with E-state index in [4.69, 9.17) is 5.10 Å². The minimum Gasteiger partial charge on any atom is -0.357 e. The lowest BCUT2D eigenvalue weighted by Gasteiger charge is -2.28. The number of Topliss-reactive ketones (excluding diaryl/α,β-unsaturated/α-hetero) is 1. The van der Waals surface area contributed by atoms with Crippen LogP contribution in [0.5, 0.6) is 0 Å². The number of hydrogen-bond donors (Lipinski definition) is 2. The molecule has 0 unspecified atom stereocenters. The molecule has 2 aromatic heterocycles. The number of nitrogens with one attached hydrogen (secondary N) is 2. The molecule has 2 aliphatic heterocycles. The van der Waals surface area contributed by atoms with E-state index in [-0.39, 0.29) is 41.5 Å². The van der Waals surface area contributed by atoms with Gasteiger partial charge in [0.25, 0.3) is 0 Å². The molecule has 3 amide bonds. The minimum atomic E-state index is -1.57. The average Bonchev–Trinajstić information content (AvgIpc) is 3.41. The first-order chi connectivity index (χ1) is 21.8. The van der Waals surface area contributed by atoms with Crippen molar-refractivity contribution in [2.24, 2.45) is 5.41 Å². The monoisotopic (exact) mass is 643 g/mol. The molecule has 11 nitrogen and oxygen atoms in total. The Labute approximate surface area is 270 Å². The number of nitrogens with zero attached hydrogens (tertiary/aromatic N) is 5. The first kappa shape index (κ1) is 32.0. The molecule has 2 bridgehead atoms. The van der Waals surface area contributed by atoms with Crippen molar-refractivity contribution in [2.75, 3.05) is 12.7 Å². The van der Waals surface area contributed by atoms with Gasteiger partial charge in [0, 0.05) is 60.9 Å². The van der Waals surface area contributed by atoms with Crippen molar-refractivity contribution in [1.29, 1.82) is 0 Å². The second-order valence-corrected chi connectivity index (χ2v) is 20.2. The summed E-state index contributed by atoms with van der Waals surface area (Å²) in [7, 11) is -1.57. The van der Waals surface area contributed by atoms with Gasteiger partial charge < -0.3 is 15.5 Å². The van der Waals surface area contributed by atoms with Crippen molar-refractivity contribution in [3.8, 4) is 11.1 Å². The molecule has 3 atom stereocenters. The Kier molecular flexibility index (Phi) is 8.60. The zero-order chi connectivity index (χ0) is 32.8. The lowest BCUT2D eigenvalue weighted by Crippen LogP contribution is -2.51. The van der Waals surface area contributed by atoms with Gasteiger partial charge in [-0.05, 0) is 62.3 Å². The minimum absolute atomic E-state index is 0.0282. The molecule has 1 saturated heterocycles. The van der Waals surface area contributed by atoms with Crippen molar-refractivity contribution < 1.29 is 19.2 Å². The maximum Gasteiger partial charge on any atom is 0.245 e. The summed E-state index contributed by atoms with van der Waals surface area (Å²) in [6.45, 7) is 10.3. The van der Waals surface area contributed by atoms with Crippen LogP contribution in [0, 0.1) is 12.3 Å². The standard InChI is InChI=1S/C34H45N7O4Si/c1-21(42)31-26-13-24(25-16-35-22(2)36-17-25)12-23-10-8-6-7-9-11-29(43)37-19-34-14-27(33(45)38-20-46(3,4)5)41(28(34)15-34)30(44)18-40(39-31)32(23)26/h12-13,16-17,27-28H,6-11,14-15,18-20H2,1-5H3,(H,37,43)(H,38,45)/t27-,28+,34-/m0/s1. The zero-order valence-electron chi connectivity index (χ0n) is 27.6. The summed E-state index contributed by atoms with van der Waals surface area (Å²) in [5.41, 5.74) is 3.52. The van der Waals surface area contributed by atoms with E-state index in [1.807, 2.05) is 13.0 Å². The number of aryl methyl sites for hydroxylation is 2. The van der Waals surface area contributed by atoms with Crippen LogP contribution in [0.2, 0.25) is 19.6 Å². The van der Waals surface area contributed by atoms with Crippen LogP contribution in [-0.4, -0.2) is 81.0 Å². The Morgan fingerprint density at radius 1 is 1.02 bits per heavy atom. The van der Waals surface area contributed by atoms with Crippen LogP contribution < -0.4 is 10.6 Å². The molecule has 2 N–H and O–H groups in total. The summed E-state index contributed by atoms with van der Waals surface area (Å²) in [6, 6.07) is 3.31. The molecule has 0 radical (unpaired) electrons. The van der Waals surface area contributed by atoms with Crippen LogP contribution in [0.15, 0.2) is 24.5 Å². The van der Waals surface area contributed by atoms with E-state index in [1.165, 1.54) is 6.92 Å². The van der Waals surface area contributed by atoms with Gasteiger partial charge in [-0.3, -0.25) is 23.9 Å². The number of piperidine rings is 1. The molecule has 0 spiro atoms. The van der Waals surface area contributed by atoms with Crippen LogP contribution in [-0.2, 0) is 27.3 Å². The summed E-state index contributed by atoms with van der Waals surface area (Å²) < 4.78 is 1.68. The molecule has 4 heterocycles. The van der Waals surface area contributed by atoms with Gasteiger partial charge >= 0.3 is 0 Å². The lowest BCUT2D eigenvalue weighted by molar-refractivity contribution is -0.140. The third kappa shape index (κ3) is 6.49. The highest BCUT2D eigenvalue weighted by atomic mass is 28.3. The number of hydrogen-bond acceptors (Lipinski definition) is 7. The molecular weight excluding hydrogens is 599 g/mol. The highest BCUT2D eigenvalue weighted by Gasteiger charge is 2.67. The first-order valence-corrected chi connectivity index (χ1v) is 20.2. The van der Waals surface area contributed by atoms with Gasteiger partial charge in [0.1, 0.15) is 24.1 Å². The third-order valence-corrected chi connectivity index (χ3v) is 10.9. The van der Waals surface area contributed by atoms with Crippen molar-refractivity contribution in [3.05, 3.63) is 41.6 Å². The van der Waals surface area contributed by atoms with Gasteiger partial charge in [-0.25, -0.2) is 9.97 Å². The van der Waals surface area contributed by atoms with Gasteiger partial charge in [0.2, 0.25) is 17.7 Å². The van der Waals surface area contributed by atoms with Gasteiger partial charge in [0.15, 0.2) is 5.78 Å². The molecule has 46 heavy (non-hydrogen) atoms. The largest absolute Gasteiger partial charge is 0.357 e. The molecule has 1 aliphatic carbocycles. The van der Waals surface area contributed by atoms with E-state index in [0.29, 0.717) is 42.5 Å². The fourth-order valence-corrected chi connectivity index (χ4v) is 7.85. The van der Waals surface area contributed by atoms with Gasteiger partial charge in [0.05, 0.1) is 13.6 Å². The fraction of sp³-hybridized carbons (Fsp3) is 0.559. The predicted octanol–water partition coefficient (Wildman–Crippen LogP) is 3.98. The molecule has 3 aliphatic rings. The Morgan fingerprint density at radius 3 is 2.43 bits per heavy atom. The molecule has 1 aromatic carbocycles. The van der Waals surface area contributed by atoms with Crippen molar-refractivity contribution in [3.63, 3.8) is 0 Å². The Bertz CT molecular complexity index is 1700. The summed E-state index contributed by atoms with van der Waals surface area (Å²) in [4.78, 5) is 64.1. The van der Waals surface area contributed by atoms with E-state index in [0.717, 1.165) is 60.7 Å². The third-order valence-electron chi connectivity index (χ3n) is 9.69. The van der Waals surface area contributed by atoms with Gasteiger partial charge in [-0.2, -0.15) is 5.10 Å². The average molecular weight is 644 g/mol. The van der Waals surface area contributed by atoms with Crippen LogP contribution in [0.4, 0.5) is 0 Å². The maximum absolute atomic E-state index is 14.3. The van der Waals surface area contributed by atoms with Crippen LogP contribution in [0.1, 0.15) is 73.7 Å². The fourth-order valence-electron chi connectivity index (χ4n) is 7.14. The Morgan fingerprint density at radius 2 is 1.74 bits per heavy atom. The molecule has 1 saturated carbocycles. The van der Waals surface area contributed by atoms with Crippen LogP contribution in [0.3, 0.4) is 0 Å². The van der Waals surface area contributed by atoms with Crippen molar-refractivity contribution in [1.82, 2.24) is 35.3 Å². The topological polar surface area (TPSA) is 139 Å². The van der Waals surface area contributed by atoms with Crippen LogP contribution in [0.25, 0.3) is 22.0 Å². The lowest BCUT2D eigenvalue weighted by atomic mass is 9.96. The summed E-state index contributed by atoms with van der Waals surface area (Å²) in [5.74, 6) is 0.189. The Balaban J connectivity index is 1.41.